The number of ether oxygens (including phenoxy) is 4. The summed E-state index contributed by atoms with van der Waals surface area (Å²) < 4.78 is 68.6. The third-order valence-electron chi connectivity index (χ3n) is 18.6. The molecule has 0 aromatic rings. The van der Waals surface area contributed by atoms with Gasteiger partial charge in [0.15, 0.2) is 12.2 Å². The van der Waals surface area contributed by atoms with Gasteiger partial charge in [-0.1, -0.05) is 362 Å². The summed E-state index contributed by atoms with van der Waals surface area (Å²) in [7, 11) is -9.91. The molecule has 0 radical (unpaired) electrons. The molecule has 0 aliphatic heterocycles. The van der Waals surface area contributed by atoms with Crippen LogP contribution in [0.4, 0.5) is 0 Å². The average molecular weight is 1420 g/mol. The van der Waals surface area contributed by atoms with Crippen LogP contribution in [0, 0.1) is 5.92 Å². The summed E-state index contributed by atoms with van der Waals surface area (Å²) in [5, 5.41) is 10.6. The molecule has 19 heteroatoms. The number of carbonyl (C=O) groups excluding carboxylic acids is 4. The summed E-state index contributed by atoms with van der Waals surface area (Å²) in [5.74, 6) is -1.30. The molecule has 0 amide bonds. The maximum absolute atomic E-state index is 13.1. The Labute approximate surface area is 594 Å². The minimum absolute atomic E-state index is 0.108. The first-order valence-corrected chi connectivity index (χ1v) is 43.7. The van der Waals surface area contributed by atoms with E-state index in [4.69, 9.17) is 37.0 Å². The largest absolute Gasteiger partial charge is 0.472 e. The molecule has 3 N–H and O–H groups in total. The van der Waals surface area contributed by atoms with Crippen LogP contribution in [0.3, 0.4) is 0 Å². The van der Waals surface area contributed by atoms with Crippen molar-refractivity contribution in [1.29, 1.82) is 0 Å². The van der Waals surface area contributed by atoms with Crippen LogP contribution in [-0.2, 0) is 65.4 Å². The van der Waals surface area contributed by atoms with E-state index in [0.717, 1.165) is 95.8 Å². The van der Waals surface area contributed by atoms with Crippen molar-refractivity contribution in [3.8, 4) is 0 Å². The molecule has 576 valence electrons. The van der Waals surface area contributed by atoms with E-state index in [0.29, 0.717) is 25.7 Å². The van der Waals surface area contributed by atoms with Crippen molar-refractivity contribution in [2.75, 3.05) is 39.6 Å². The summed E-state index contributed by atoms with van der Waals surface area (Å²) in [6, 6.07) is 0. The van der Waals surface area contributed by atoms with Gasteiger partial charge in [-0.15, -0.1) is 0 Å². The van der Waals surface area contributed by atoms with Gasteiger partial charge in [-0.05, 0) is 31.6 Å². The molecule has 97 heavy (non-hydrogen) atoms. The average Bonchev–Trinajstić information content (AvgIpc) is 1.64. The quantitative estimate of drug-likeness (QED) is 0.0222. The predicted octanol–water partition coefficient (Wildman–Crippen LogP) is 23.3. The van der Waals surface area contributed by atoms with Crippen molar-refractivity contribution in [3.63, 3.8) is 0 Å². The number of phosphoric acid groups is 2. The highest BCUT2D eigenvalue weighted by Gasteiger charge is 2.30. The first kappa shape index (κ1) is 95.1. The first-order chi connectivity index (χ1) is 47.1. The number of unbranched alkanes of at least 4 members (excludes halogenated alkanes) is 49. The van der Waals surface area contributed by atoms with Crippen LogP contribution in [0.1, 0.15) is 413 Å². The number of aliphatic hydroxyl groups is 1. The van der Waals surface area contributed by atoms with E-state index in [9.17, 15) is 43.2 Å². The number of carbonyl (C=O) groups is 4. The lowest BCUT2D eigenvalue weighted by molar-refractivity contribution is -0.161. The Hall–Kier alpha value is -1.94. The minimum atomic E-state index is -4.96. The summed E-state index contributed by atoms with van der Waals surface area (Å²) in [6.45, 7) is 7.33. The molecule has 0 aromatic carbocycles. The lowest BCUT2D eigenvalue weighted by Crippen LogP contribution is -2.30. The van der Waals surface area contributed by atoms with Crippen LogP contribution < -0.4 is 0 Å². The van der Waals surface area contributed by atoms with Crippen molar-refractivity contribution in [2.24, 2.45) is 5.92 Å². The highest BCUT2D eigenvalue weighted by atomic mass is 31.2. The second-order valence-electron chi connectivity index (χ2n) is 28.3. The van der Waals surface area contributed by atoms with Gasteiger partial charge in [-0.25, -0.2) is 9.13 Å². The van der Waals surface area contributed by atoms with Gasteiger partial charge in [0.1, 0.15) is 19.3 Å². The van der Waals surface area contributed by atoms with Crippen LogP contribution in [-0.4, -0.2) is 96.7 Å². The lowest BCUT2D eigenvalue weighted by atomic mass is 9.99. The summed E-state index contributed by atoms with van der Waals surface area (Å²) in [4.78, 5) is 72.9. The van der Waals surface area contributed by atoms with E-state index in [1.54, 1.807) is 0 Å². The third-order valence-corrected chi connectivity index (χ3v) is 20.5. The highest BCUT2D eigenvalue weighted by molar-refractivity contribution is 7.47. The van der Waals surface area contributed by atoms with E-state index in [1.807, 2.05) is 0 Å². The van der Waals surface area contributed by atoms with Crippen LogP contribution in [0.5, 0.6) is 0 Å². The van der Waals surface area contributed by atoms with Crippen molar-refractivity contribution in [1.82, 2.24) is 0 Å². The summed E-state index contributed by atoms with van der Waals surface area (Å²) in [6.07, 6.45) is 60.9. The van der Waals surface area contributed by atoms with Crippen LogP contribution in [0.2, 0.25) is 0 Å². The van der Waals surface area contributed by atoms with Crippen molar-refractivity contribution in [2.45, 2.75) is 432 Å². The van der Waals surface area contributed by atoms with Crippen molar-refractivity contribution in [3.05, 3.63) is 0 Å². The van der Waals surface area contributed by atoms with E-state index < -0.39 is 97.5 Å². The number of aliphatic hydroxyl groups excluding tert-OH is 1. The van der Waals surface area contributed by atoms with Gasteiger partial charge in [-0.2, -0.15) is 0 Å². The fraction of sp³-hybridized carbons (Fsp3) is 0.949. The van der Waals surface area contributed by atoms with Gasteiger partial charge in [0.05, 0.1) is 26.4 Å². The van der Waals surface area contributed by atoms with E-state index >= 15 is 0 Å². The zero-order chi connectivity index (χ0) is 71.2. The molecule has 0 heterocycles. The fourth-order valence-electron chi connectivity index (χ4n) is 12.0. The normalized spacial score (nSPS) is 14.2. The zero-order valence-electron chi connectivity index (χ0n) is 63.2. The van der Waals surface area contributed by atoms with E-state index in [-0.39, 0.29) is 25.7 Å². The third kappa shape index (κ3) is 70.9. The summed E-state index contributed by atoms with van der Waals surface area (Å²) in [5.41, 5.74) is 0. The van der Waals surface area contributed by atoms with Crippen LogP contribution in [0.15, 0.2) is 0 Å². The van der Waals surface area contributed by atoms with Gasteiger partial charge in [-0.3, -0.25) is 37.3 Å². The number of hydrogen-bond acceptors (Lipinski definition) is 15. The van der Waals surface area contributed by atoms with E-state index in [2.05, 4.69) is 34.6 Å². The predicted molar refractivity (Wildman–Crippen MR) is 395 cm³/mol. The van der Waals surface area contributed by atoms with Gasteiger partial charge >= 0.3 is 39.5 Å². The van der Waals surface area contributed by atoms with Crippen molar-refractivity contribution < 1.29 is 80.2 Å². The monoisotopic (exact) mass is 1420 g/mol. The van der Waals surface area contributed by atoms with Crippen LogP contribution in [0.25, 0.3) is 0 Å². The molecule has 3 unspecified atom stereocenters. The molecule has 0 saturated carbocycles. The lowest BCUT2D eigenvalue weighted by Gasteiger charge is -2.21. The first-order valence-electron chi connectivity index (χ1n) is 40.7. The SMILES string of the molecule is CCCCCCCCCCCCCCCCCCCCCCC(=O)O[C@H](COC(=O)CCCCCCCCCCCCC(C)CC)COP(=O)(O)OC[C@@H](O)COP(=O)(O)OC[C@@H](COC(=O)CCCCCCCCCCCCC)OC(=O)CCCCCCCCCCCCCC. The molecule has 0 spiro atoms. The molecular weight excluding hydrogens is 1270 g/mol. The number of hydrogen-bond donors (Lipinski definition) is 3. The van der Waals surface area contributed by atoms with Crippen molar-refractivity contribution >= 4 is 39.5 Å². The Bertz CT molecular complexity index is 1860. The molecule has 0 saturated heterocycles. The molecule has 0 aliphatic rings. The minimum Gasteiger partial charge on any atom is -0.462 e. The molecule has 6 atom stereocenters. The molecule has 0 bridgehead atoms. The number of phosphoric ester groups is 2. The Morgan fingerprint density at radius 3 is 0.732 bits per heavy atom. The van der Waals surface area contributed by atoms with Crippen LogP contribution >= 0.6 is 15.6 Å². The Kier molecular flexibility index (Phi) is 69.6. The number of rotatable bonds is 78. The molecular formula is C78H152O17P2. The van der Waals surface area contributed by atoms with Gasteiger partial charge < -0.3 is 33.8 Å². The summed E-state index contributed by atoms with van der Waals surface area (Å²) >= 11 is 0. The fourth-order valence-corrected chi connectivity index (χ4v) is 13.6. The maximum Gasteiger partial charge on any atom is 0.472 e. The molecule has 17 nitrogen and oxygen atoms in total. The smallest absolute Gasteiger partial charge is 0.462 e. The van der Waals surface area contributed by atoms with Gasteiger partial charge in [0, 0.05) is 25.7 Å². The van der Waals surface area contributed by atoms with Gasteiger partial charge in [0.25, 0.3) is 0 Å². The second kappa shape index (κ2) is 71.1. The second-order valence-corrected chi connectivity index (χ2v) is 31.3. The van der Waals surface area contributed by atoms with E-state index in [1.165, 1.54) is 238 Å². The topological polar surface area (TPSA) is 237 Å². The Balaban J connectivity index is 5.23. The standard InChI is InChI=1S/C78H152O17P2/c1-6-10-13-16-19-22-25-27-28-29-30-31-32-33-34-37-44-49-54-59-64-78(83)95-74(68-89-76(81)62-57-52-47-42-39-38-40-45-50-55-60-71(5)9-4)70-93-97(86,87)91-66-72(79)65-90-96(84,85)92-69-73(67-88-75(80)61-56-51-46-41-35-24-21-18-15-12-8-3)94-77(82)63-58-53-48-43-36-26-23-20-17-14-11-7-2/h71-74,79H,6-70H2,1-5H3,(H,84,85)(H,86,87)/t71?,72-,73+,74+/m0/s1. The highest BCUT2D eigenvalue weighted by Crippen LogP contribution is 2.45. The molecule has 0 aliphatic carbocycles. The number of esters is 4. The Morgan fingerprint density at radius 1 is 0.289 bits per heavy atom. The maximum atomic E-state index is 13.1. The van der Waals surface area contributed by atoms with Gasteiger partial charge in [0.2, 0.25) is 0 Å². The molecule has 0 aromatic heterocycles. The Morgan fingerprint density at radius 2 is 0.495 bits per heavy atom. The molecule has 0 rings (SSSR count). The molecule has 0 fully saturated rings. The zero-order valence-corrected chi connectivity index (χ0v) is 65.0.